The van der Waals surface area contributed by atoms with E-state index >= 15 is 0 Å². The highest BCUT2D eigenvalue weighted by atomic mass is 32.2. The molecule has 2 atom stereocenters. The first-order chi connectivity index (χ1) is 12.0. The summed E-state index contributed by atoms with van der Waals surface area (Å²) in [6.45, 7) is 6.32. The number of aliphatic hydroxyl groups is 1. The molecule has 0 radical (unpaired) electrons. The Morgan fingerprint density at radius 1 is 1.19 bits per heavy atom. The number of rotatable bonds is 11. The number of aliphatic hydroxyl groups excluding tert-OH is 1. The molecule has 9 nitrogen and oxygen atoms in total. The molecule has 0 unspecified atom stereocenters. The van der Waals surface area contributed by atoms with Crippen molar-refractivity contribution in [1.29, 1.82) is 0 Å². The summed E-state index contributed by atoms with van der Waals surface area (Å²) in [7, 11) is 0. The molecule has 0 aromatic rings. The molecule has 0 spiro atoms. The number of amides is 2. The topological polar surface area (TPSA) is 148 Å². The molecule has 0 rings (SSSR count). The Morgan fingerprint density at radius 2 is 1.81 bits per heavy atom. The maximum atomic E-state index is 12.0. The molecule has 0 aliphatic heterocycles. The summed E-state index contributed by atoms with van der Waals surface area (Å²) in [5, 5.41) is 15.2. The van der Waals surface area contributed by atoms with Gasteiger partial charge in [-0.25, -0.2) is 0 Å². The van der Waals surface area contributed by atoms with Crippen molar-refractivity contribution in [3.63, 3.8) is 0 Å². The minimum absolute atomic E-state index is 0.0188. The first kappa shape index (κ1) is 24.4. The highest BCUT2D eigenvalue weighted by Crippen LogP contribution is 2.21. The maximum absolute atomic E-state index is 12.0. The lowest BCUT2D eigenvalue weighted by Gasteiger charge is -2.29. The Hall–Kier alpha value is -1.65. The van der Waals surface area contributed by atoms with Gasteiger partial charge in [0.05, 0.1) is 6.61 Å². The normalized spacial score (nSPS) is 13.5. The van der Waals surface area contributed by atoms with Crippen LogP contribution in [-0.2, 0) is 23.9 Å². The summed E-state index contributed by atoms with van der Waals surface area (Å²) in [6, 6.07) is -0.788. The van der Waals surface area contributed by atoms with E-state index in [9.17, 15) is 24.3 Å². The smallest absolute Gasteiger partial charge is 0.322 e. The zero-order valence-corrected chi connectivity index (χ0v) is 16.5. The fraction of sp³-hybridized carbons (Fsp3) is 0.750. The lowest BCUT2D eigenvalue weighted by molar-refractivity contribution is -0.154. The van der Waals surface area contributed by atoms with Crippen LogP contribution >= 0.6 is 11.8 Å². The minimum Gasteiger partial charge on any atom is -0.464 e. The van der Waals surface area contributed by atoms with Gasteiger partial charge in [0.15, 0.2) is 5.12 Å². The largest absolute Gasteiger partial charge is 0.464 e. The van der Waals surface area contributed by atoms with Gasteiger partial charge in [0, 0.05) is 37.6 Å². The van der Waals surface area contributed by atoms with E-state index in [1.54, 1.807) is 13.8 Å². The van der Waals surface area contributed by atoms with E-state index in [0.29, 0.717) is 12.3 Å². The van der Waals surface area contributed by atoms with Crippen LogP contribution in [0.3, 0.4) is 0 Å². The summed E-state index contributed by atoms with van der Waals surface area (Å²) in [6.07, 6.45) is -1.37. The van der Waals surface area contributed by atoms with Crippen molar-refractivity contribution in [3.8, 4) is 0 Å². The standard InChI is InChI=1S/C16H29N3O6S/c1-10(17)15(24)25-9-16(3,4)13(22)14(23)19-6-5-12(21)18-7-8-26-11(2)20/h10,13,22H,5-9,17H2,1-4H3,(H,18,21)(H,19,23)/t10-,13-/m0/s1. The summed E-state index contributed by atoms with van der Waals surface area (Å²) in [5.74, 6) is -1.06. The number of thioether (sulfide) groups is 1. The number of carbonyl (C=O) groups excluding carboxylic acids is 4. The van der Waals surface area contributed by atoms with Crippen molar-refractivity contribution in [1.82, 2.24) is 10.6 Å². The van der Waals surface area contributed by atoms with Crippen LogP contribution in [0.4, 0.5) is 0 Å². The van der Waals surface area contributed by atoms with Crippen LogP contribution in [0.1, 0.15) is 34.1 Å². The van der Waals surface area contributed by atoms with Crippen molar-refractivity contribution in [2.75, 3.05) is 25.4 Å². The molecule has 26 heavy (non-hydrogen) atoms. The molecule has 0 aliphatic rings. The van der Waals surface area contributed by atoms with Gasteiger partial charge in [0.2, 0.25) is 11.8 Å². The van der Waals surface area contributed by atoms with Gasteiger partial charge in [-0.1, -0.05) is 25.6 Å². The molecule has 0 fully saturated rings. The number of hydrogen-bond acceptors (Lipinski definition) is 8. The molecule has 0 aromatic heterocycles. The highest BCUT2D eigenvalue weighted by molar-refractivity contribution is 8.13. The fourth-order valence-corrected chi connectivity index (χ4v) is 2.18. The molecular weight excluding hydrogens is 362 g/mol. The van der Waals surface area contributed by atoms with Crippen LogP contribution in [0.25, 0.3) is 0 Å². The minimum atomic E-state index is -1.42. The second-order valence-electron chi connectivity index (χ2n) is 6.52. The molecule has 5 N–H and O–H groups in total. The van der Waals surface area contributed by atoms with E-state index in [1.165, 1.54) is 13.8 Å². The van der Waals surface area contributed by atoms with E-state index in [1.807, 2.05) is 0 Å². The third-order valence-electron chi connectivity index (χ3n) is 3.33. The van der Waals surface area contributed by atoms with Crippen LogP contribution in [0, 0.1) is 5.41 Å². The van der Waals surface area contributed by atoms with E-state index in [0.717, 1.165) is 11.8 Å². The quantitative estimate of drug-likeness (QED) is 0.263. The zero-order valence-electron chi connectivity index (χ0n) is 15.7. The molecular formula is C16H29N3O6S. The van der Waals surface area contributed by atoms with Gasteiger partial charge in [-0.3, -0.25) is 19.2 Å². The SMILES string of the molecule is CC(=O)SCCNC(=O)CCNC(=O)[C@H](O)C(C)(C)COC(=O)[C@H](C)N. The second-order valence-corrected chi connectivity index (χ2v) is 7.79. The van der Waals surface area contributed by atoms with Crippen LogP contribution in [0.15, 0.2) is 0 Å². The number of ether oxygens (including phenoxy) is 1. The molecule has 2 amide bonds. The lowest BCUT2D eigenvalue weighted by atomic mass is 9.87. The van der Waals surface area contributed by atoms with Crippen molar-refractivity contribution >= 4 is 34.7 Å². The van der Waals surface area contributed by atoms with E-state index in [4.69, 9.17) is 10.5 Å². The van der Waals surface area contributed by atoms with Gasteiger partial charge in [0.25, 0.3) is 0 Å². The third-order valence-corrected chi connectivity index (χ3v) is 4.14. The van der Waals surface area contributed by atoms with Crippen LogP contribution in [0.5, 0.6) is 0 Å². The Morgan fingerprint density at radius 3 is 2.35 bits per heavy atom. The van der Waals surface area contributed by atoms with Crippen LogP contribution in [0.2, 0.25) is 0 Å². The molecule has 0 heterocycles. The number of esters is 1. The van der Waals surface area contributed by atoms with Crippen molar-refractivity contribution in [3.05, 3.63) is 0 Å². The van der Waals surface area contributed by atoms with Gasteiger partial charge in [-0.2, -0.15) is 0 Å². The highest BCUT2D eigenvalue weighted by Gasteiger charge is 2.35. The van der Waals surface area contributed by atoms with E-state index in [2.05, 4.69) is 10.6 Å². The first-order valence-electron chi connectivity index (χ1n) is 8.25. The summed E-state index contributed by atoms with van der Waals surface area (Å²) >= 11 is 1.12. The van der Waals surface area contributed by atoms with Crippen molar-refractivity contribution in [2.24, 2.45) is 11.1 Å². The molecule has 0 saturated heterocycles. The number of hydrogen-bond donors (Lipinski definition) is 4. The van der Waals surface area contributed by atoms with Crippen molar-refractivity contribution < 1.29 is 29.0 Å². The Labute approximate surface area is 157 Å². The third kappa shape index (κ3) is 10.4. The second kappa shape index (κ2) is 11.9. The average Bonchev–Trinajstić information content (AvgIpc) is 2.55. The Balaban J connectivity index is 4.15. The molecule has 10 heteroatoms. The average molecular weight is 391 g/mol. The lowest BCUT2D eigenvalue weighted by Crippen LogP contribution is -2.47. The van der Waals surface area contributed by atoms with E-state index < -0.39 is 29.4 Å². The van der Waals surface area contributed by atoms with E-state index in [-0.39, 0.29) is 30.6 Å². The first-order valence-corrected chi connectivity index (χ1v) is 9.24. The fourth-order valence-electron chi connectivity index (χ4n) is 1.69. The number of nitrogens with two attached hydrogens (primary N) is 1. The van der Waals surface area contributed by atoms with Crippen LogP contribution in [-0.4, -0.2) is 65.6 Å². The van der Waals surface area contributed by atoms with Crippen LogP contribution < -0.4 is 16.4 Å². The zero-order chi connectivity index (χ0) is 20.3. The Kier molecular flexibility index (Phi) is 11.1. The van der Waals surface area contributed by atoms with Crippen molar-refractivity contribution in [2.45, 2.75) is 46.3 Å². The number of carbonyl (C=O) groups is 4. The summed E-state index contributed by atoms with van der Waals surface area (Å²) in [4.78, 5) is 45.7. The van der Waals surface area contributed by atoms with Gasteiger partial charge >= 0.3 is 5.97 Å². The van der Waals surface area contributed by atoms with Gasteiger partial charge in [-0.05, 0) is 6.92 Å². The summed E-state index contributed by atoms with van der Waals surface area (Å²) < 4.78 is 4.96. The summed E-state index contributed by atoms with van der Waals surface area (Å²) in [5.41, 5.74) is 4.37. The Bertz CT molecular complexity index is 510. The van der Waals surface area contributed by atoms with Gasteiger partial charge in [-0.15, -0.1) is 0 Å². The monoisotopic (exact) mass is 391 g/mol. The van der Waals surface area contributed by atoms with Gasteiger partial charge < -0.3 is 26.2 Å². The number of nitrogens with one attached hydrogen (secondary N) is 2. The maximum Gasteiger partial charge on any atom is 0.322 e. The molecule has 0 aliphatic carbocycles. The molecule has 150 valence electrons. The molecule has 0 aromatic carbocycles. The molecule has 0 saturated carbocycles. The molecule has 0 bridgehead atoms. The predicted molar refractivity (Wildman–Crippen MR) is 98.2 cm³/mol. The van der Waals surface area contributed by atoms with Gasteiger partial charge in [0.1, 0.15) is 12.1 Å². The predicted octanol–water partition coefficient (Wildman–Crippen LogP) is -0.834.